The van der Waals surface area contributed by atoms with E-state index >= 15 is 0 Å². The first kappa shape index (κ1) is 12.8. The summed E-state index contributed by atoms with van der Waals surface area (Å²) in [7, 11) is 0. The lowest BCUT2D eigenvalue weighted by Gasteiger charge is -2.27. The van der Waals surface area contributed by atoms with Crippen molar-refractivity contribution in [1.82, 2.24) is 4.90 Å². The van der Waals surface area contributed by atoms with Crippen LogP contribution in [0.3, 0.4) is 0 Å². The van der Waals surface area contributed by atoms with Gasteiger partial charge in [0, 0.05) is 6.54 Å². The van der Waals surface area contributed by atoms with Crippen LogP contribution in [0.15, 0.2) is 0 Å². The van der Waals surface area contributed by atoms with Crippen molar-refractivity contribution in [3.05, 3.63) is 0 Å². The van der Waals surface area contributed by atoms with E-state index in [1.54, 1.807) is 0 Å². The van der Waals surface area contributed by atoms with Crippen molar-refractivity contribution in [3.8, 4) is 0 Å². The van der Waals surface area contributed by atoms with Crippen LogP contribution >= 0.6 is 0 Å². The number of ether oxygens (including phenoxy) is 1. The number of carbonyl (C=O) groups is 1. The van der Waals surface area contributed by atoms with Gasteiger partial charge in [0.15, 0.2) is 0 Å². The Labute approximate surface area is 103 Å². The normalized spacial score (nSPS) is 30.6. The molecule has 1 saturated carbocycles. The zero-order chi connectivity index (χ0) is 12.1. The first-order chi connectivity index (χ1) is 8.25. The van der Waals surface area contributed by atoms with Gasteiger partial charge >= 0.3 is 5.97 Å². The Morgan fingerprint density at radius 1 is 1.18 bits per heavy atom. The highest BCUT2D eigenvalue weighted by atomic mass is 16.5. The van der Waals surface area contributed by atoms with Gasteiger partial charge in [-0.15, -0.1) is 0 Å². The number of nitrogens with zero attached hydrogens (tertiary/aromatic N) is 1. The van der Waals surface area contributed by atoms with Crippen LogP contribution in [0.4, 0.5) is 0 Å². The smallest absolute Gasteiger partial charge is 0.306 e. The summed E-state index contributed by atoms with van der Waals surface area (Å²) in [4.78, 5) is 13.2. The van der Waals surface area contributed by atoms with Gasteiger partial charge in [-0.3, -0.25) is 4.79 Å². The third kappa shape index (κ3) is 3.96. The topological polar surface area (TPSA) is 49.8 Å². The van der Waals surface area contributed by atoms with E-state index in [2.05, 4.69) is 4.90 Å². The molecule has 0 spiro atoms. The quantitative estimate of drug-likeness (QED) is 0.796. The van der Waals surface area contributed by atoms with E-state index in [-0.39, 0.29) is 5.92 Å². The number of likely N-dealkylation sites (tertiary alicyclic amines) is 1. The second-order valence-corrected chi connectivity index (χ2v) is 5.23. The Morgan fingerprint density at radius 2 is 1.82 bits per heavy atom. The van der Waals surface area contributed by atoms with Crippen LogP contribution in [-0.4, -0.2) is 48.3 Å². The first-order valence-corrected chi connectivity index (χ1v) is 6.82. The Bertz CT molecular complexity index is 243. The monoisotopic (exact) mass is 241 g/mol. The molecule has 1 N–H and O–H groups in total. The summed E-state index contributed by atoms with van der Waals surface area (Å²) in [6, 6.07) is 0. The number of rotatable bonds is 5. The van der Waals surface area contributed by atoms with Crippen molar-refractivity contribution < 1.29 is 14.6 Å². The molecule has 0 radical (unpaired) electrons. The predicted molar refractivity (Wildman–Crippen MR) is 65.0 cm³/mol. The van der Waals surface area contributed by atoms with Crippen molar-refractivity contribution >= 4 is 5.97 Å². The van der Waals surface area contributed by atoms with E-state index < -0.39 is 5.97 Å². The fraction of sp³-hybridized carbons (Fsp3) is 0.923. The molecule has 17 heavy (non-hydrogen) atoms. The summed E-state index contributed by atoms with van der Waals surface area (Å²) < 4.78 is 5.84. The average Bonchev–Trinajstić information content (AvgIpc) is 2.83. The molecule has 0 amide bonds. The largest absolute Gasteiger partial charge is 0.481 e. The highest BCUT2D eigenvalue weighted by Crippen LogP contribution is 2.26. The molecule has 1 aliphatic carbocycles. The van der Waals surface area contributed by atoms with Crippen molar-refractivity contribution in [1.29, 1.82) is 0 Å². The predicted octanol–water partition coefficient (Wildman–Crippen LogP) is 1.74. The fourth-order valence-electron chi connectivity index (χ4n) is 2.83. The Kier molecular flexibility index (Phi) is 4.80. The van der Waals surface area contributed by atoms with Gasteiger partial charge in [0.1, 0.15) is 0 Å². The van der Waals surface area contributed by atoms with Gasteiger partial charge in [-0.25, -0.2) is 0 Å². The molecule has 0 aromatic carbocycles. The molecule has 98 valence electrons. The van der Waals surface area contributed by atoms with Gasteiger partial charge in [-0.1, -0.05) is 0 Å². The molecular weight excluding hydrogens is 218 g/mol. The zero-order valence-electron chi connectivity index (χ0n) is 10.4. The third-order valence-electron chi connectivity index (χ3n) is 3.98. The molecular formula is C13H23NO3. The summed E-state index contributed by atoms with van der Waals surface area (Å²) in [5.74, 6) is -0.769. The second-order valence-electron chi connectivity index (χ2n) is 5.23. The number of carboxylic acid groups (broad SMARTS) is 1. The maximum atomic E-state index is 10.8. The highest BCUT2D eigenvalue weighted by Gasteiger charge is 2.26. The molecule has 4 heteroatoms. The SMILES string of the molecule is O=C(O)C1CCC(OCCN2CCCC2)CC1. The molecule has 2 fully saturated rings. The van der Waals surface area contributed by atoms with Crippen LogP contribution in [0.2, 0.25) is 0 Å². The minimum atomic E-state index is -0.638. The minimum Gasteiger partial charge on any atom is -0.481 e. The lowest BCUT2D eigenvalue weighted by Crippen LogP contribution is -2.29. The molecule has 1 aliphatic heterocycles. The van der Waals surface area contributed by atoms with Crippen LogP contribution in [-0.2, 0) is 9.53 Å². The van der Waals surface area contributed by atoms with Crippen LogP contribution < -0.4 is 0 Å². The zero-order valence-corrected chi connectivity index (χ0v) is 10.4. The lowest BCUT2D eigenvalue weighted by atomic mass is 9.87. The van der Waals surface area contributed by atoms with Gasteiger partial charge in [0.2, 0.25) is 0 Å². The molecule has 0 aromatic rings. The van der Waals surface area contributed by atoms with E-state index in [9.17, 15) is 4.79 Å². The molecule has 1 heterocycles. The maximum absolute atomic E-state index is 10.8. The molecule has 0 unspecified atom stereocenters. The van der Waals surface area contributed by atoms with Crippen LogP contribution in [0.5, 0.6) is 0 Å². The Morgan fingerprint density at radius 3 is 2.41 bits per heavy atom. The molecule has 4 nitrogen and oxygen atoms in total. The van der Waals surface area contributed by atoms with Crippen LogP contribution in [0, 0.1) is 5.92 Å². The average molecular weight is 241 g/mol. The van der Waals surface area contributed by atoms with Gasteiger partial charge in [-0.05, 0) is 51.6 Å². The maximum Gasteiger partial charge on any atom is 0.306 e. The van der Waals surface area contributed by atoms with Crippen molar-refractivity contribution in [2.45, 2.75) is 44.6 Å². The summed E-state index contributed by atoms with van der Waals surface area (Å²) >= 11 is 0. The number of hydrogen-bond donors (Lipinski definition) is 1. The van der Waals surface area contributed by atoms with Crippen LogP contribution in [0.25, 0.3) is 0 Å². The summed E-state index contributed by atoms with van der Waals surface area (Å²) in [5.41, 5.74) is 0. The third-order valence-corrected chi connectivity index (χ3v) is 3.98. The number of aliphatic carboxylic acids is 1. The molecule has 0 bridgehead atoms. The van der Waals surface area contributed by atoms with Gasteiger partial charge in [0.05, 0.1) is 18.6 Å². The van der Waals surface area contributed by atoms with E-state index in [1.807, 2.05) is 0 Å². The van der Waals surface area contributed by atoms with E-state index in [0.717, 1.165) is 38.8 Å². The molecule has 2 rings (SSSR count). The van der Waals surface area contributed by atoms with Gasteiger partial charge in [0.25, 0.3) is 0 Å². The molecule has 2 aliphatic rings. The van der Waals surface area contributed by atoms with Crippen molar-refractivity contribution in [2.75, 3.05) is 26.2 Å². The van der Waals surface area contributed by atoms with Crippen LogP contribution in [0.1, 0.15) is 38.5 Å². The van der Waals surface area contributed by atoms with E-state index in [1.165, 1.54) is 25.9 Å². The lowest BCUT2D eigenvalue weighted by molar-refractivity contribution is -0.143. The molecule has 0 atom stereocenters. The second kappa shape index (κ2) is 6.36. The fourth-order valence-corrected chi connectivity index (χ4v) is 2.83. The highest BCUT2D eigenvalue weighted by molar-refractivity contribution is 5.70. The number of hydrogen-bond acceptors (Lipinski definition) is 3. The first-order valence-electron chi connectivity index (χ1n) is 6.82. The Balaban J connectivity index is 1.56. The number of carboxylic acids is 1. The van der Waals surface area contributed by atoms with Crippen molar-refractivity contribution in [3.63, 3.8) is 0 Å². The summed E-state index contributed by atoms with van der Waals surface area (Å²) in [5, 5.41) is 8.90. The summed E-state index contributed by atoms with van der Waals surface area (Å²) in [6.07, 6.45) is 6.34. The van der Waals surface area contributed by atoms with Crippen molar-refractivity contribution in [2.24, 2.45) is 5.92 Å². The molecule has 0 aromatic heterocycles. The standard InChI is InChI=1S/C13H23NO3/c15-13(16)11-3-5-12(6-4-11)17-10-9-14-7-1-2-8-14/h11-12H,1-10H2,(H,15,16). The minimum absolute atomic E-state index is 0.131. The van der Waals surface area contributed by atoms with E-state index in [4.69, 9.17) is 9.84 Å². The molecule has 1 saturated heterocycles. The van der Waals surface area contributed by atoms with Gasteiger partial charge < -0.3 is 14.7 Å². The Hall–Kier alpha value is -0.610. The van der Waals surface area contributed by atoms with E-state index in [0.29, 0.717) is 6.10 Å². The summed E-state index contributed by atoms with van der Waals surface area (Å²) in [6.45, 7) is 4.28. The van der Waals surface area contributed by atoms with Gasteiger partial charge in [-0.2, -0.15) is 0 Å².